The highest BCUT2D eigenvalue weighted by Crippen LogP contribution is 2.40. The summed E-state index contributed by atoms with van der Waals surface area (Å²) in [6, 6.07) is 2.56. The summed E-state index contributed by atoms with van der Waals surface area (Å²) in [7, 11) is 0. The molecule has 1 aromatic heterocycles. The molecule has 1 saturated heterocycles. The van der Waals surface area contributed by atoms with E-state index in [9.17, 15) is 23.3 Å². The molecule has 0 bridgehead atoms. The van der Waals surface area contributed by atoms with Crippen LogP contribution < -0.4 is 0 Å². The largest absolute Gasteiger partial charge is 0.416 e. The van der Waals surface area contributed by atoms with Gasteiger partial charge in [-0.3, -0.25) is 10.1 Å². The molecule has 0 aliphatic carbocycles. The maximum Gasteiger partial charge on any atom is 0.416 e. The van der Waals surface area contributed by atoms with Crippen molar-refractivity contribution in [1.82, 2.24) is 9.97 Å². The highest BCUT2D eigenvalue weighted by Gasteiger charge is 2.35. The number of hydrogen-bond donors (Lipinski definition) is 1. The molecule has 2 atom stereocenters. The van der Waals surface area contributed by atoms with Gasteiger partial charge in [0.2, 0.25) is 0 Å². The first kappa shape index (κ1) is 16.4. The van der Waals surface area contributed by atoms with E-state index in [0.717, 1.165) is 18.0 Å². The number of benzene rings is 1. The van der Waals surface area contributed by atoms with E-state index in [1.807, 2.05) is 0 Å². The predicted molar refractivity (Wildman–Crippen MR) is 77.4 cm³/mol. The highest BCUT2D eigenvalue weighted by molar-refractivity contribution is 5.45. The van der Waals surface area contributed by atoms with Gasteiger partial charge in [-0.1, -0.05) is 0 Å². The molecular weight excluding hydrogens is 327 g/mol. The smallest absolute Gasteiger partial charge is 0.373 e. The van der Waals surface area contributed by atoms with Gasteiger partial charge in [-0.05, 0) is 25.0 Å². The number of ether oxygens (including phenoxy) is 1. The number of H-pyrrole nitrogens is 1. The second-order valence-corrected chi connectivity index (χ2v) is 5.60. The van der Waals surface area contributed by atoms with Crippen molar-refractivity contribution in [1.29, 1.82) is 0 Å². The summed E-state index contributed by atoms with van der Waals surface area (Å²) in [5.41, 5.74) is -1.43. The van der Waals surface area contributed by atoms with Crippen molar-refractivity contribution in [3.8, 4) is 0 Å². The van der Waals surface area contributed by atoms with Crippen molar-refractivity contribution in [3.63, 3.8) is 0 Å². The number of imidazole rings is 1. The molecule has 2 heterocycles. The zero-order valence-electron chi connectivity index (χ0n) is 12.4. The van der Waals surface area contributed by atoms with Gasteiger partial charge in [-0.25, -0.2) is 4.98 Å². The summed E-state index contributed by atoms with van der Waals surface area (Å²) >= 11 is 0. The SMILES string of the molecule is O=[N+]([O-])c1cc(C(F)(F)F)ccc1C1CCC(c2ncc[nH]2)CO1. The van der Waals surface area contributed by atoms with Crippen LogP contribution in [0.3, 0.4) is 0 Å². The van der Waals surface area contributed by atoms with Crippen LogP contribution in [0.15, 0.2) is 30.6 Å². The van der Waals surface area contributed by atoms with Crippen LogP contribution >= 0.6 is 0 Å². The molecule has 0 saturated carbocycles. The van der Waals surface area contributed by atoms with E-state index in [-0.39, 0.29) is 11.5 Å². The Morgan fingerprint density at radius 1 is 1.33 bits per heavy atom. The Kier molecular flexibility index (Phi) is 4.27. The number of nitro benzene ring substituents is 1. The van der Waals surface area contributed by atoms with E-state index < -0.39 is 28.5 Å². The Bertz CT molecular complexity index is 723. The van der Waals surface area contributed by atoms with Crippen LogP contribution in [-0.4, -0.2) is 21.5 Å². The summed E-state index contributed by atoms with van der Waals surface area (Å²) in [6.45, 7) is 0.302. The Morgan fingerprint density at radius 2 is 2.12 bits per heavy atom. The molecule has 1 aliphatic heterocycles. The summed E-state index contributed by atoms with van der Waals surface area (Å²) in [4.78, 5) is 17.5. The van der Waals surface area contributed by atoms with Crippen molar-refractivity contribution in [2.75, 3.05) is 6.61 Å². The lowest BCUT2D eigenvalue weighted by Gasteiger charge is -2.28. The van der Waals surface area contributed by atoms with Gasteiger partial charge in [0.1, 0.15) is 5.82 Å². The van der Waals surface area contributed by atoms with Crippen LogP contribution in [0.2, 0.25) is 0 Å². The maximum absolute atomic E-state index is 12.7. The van der Waals surface area contributed by atoms with Gasteiger partial charge < -0.3 is 9.72 Å². The zero-order chi connectivity index (χ0) is 17.3. The van der Waals surface area contributed by atoms with E-state index in [1.54, 1.807) is 12.4 Å². The molecule has 2 unspecified atom stereocenters. The van der Waals surface area contributed by atoms with Crippen LogP contribution in [0.25, 0.3) is 0 Å². The minimum absolute atomic E-state index is 0.0461. The topological polar surface area (TPSA) is 81.0 Å². The fourth-order valence-corrected chi connectivity index (χ4v) is 2.86. The predicted octanol–water partition coefficient (Wildman–Crippen LogP) is 3.97. The molecule has 128 valence electrons. The quantitative estimate of drug-likeness (QED) is 0.676. The summed E-state index contributed by atoms with van der Waals surface area (Å²) < 4.78 is 43.9. The molecule has 9 heteroatoms. The van der Waals surface area contributed by atoms with E-state index in [2.05, 4.69) is 9.97 Å². The van der Waals surface area contributed by atoms with E-state index in [0.29, 0.717) is 25.5 Å². The number of halogens is 3. The Labute approximate surface area is 134 Å². The van der Waals surface area contributed by atoms with Gasteiger partial charge in [0.25, 0.3) is 5.69 Å². The lowest BCUT2D eigenvalue weighted by molar-refractivity contribution is -0.386. The van der Waals surface area contributed by atoms with Gasteiger partial charge in [-0.15, -0.1) is 0 Å². The first-order valence-electron chi connectivity index (χ1n) is 7.32. The lowest BCUT2D eigenvalue weighted by Crippen LogP contribution is -2.21. The Morgan fingerprint density at radius 3 is 2.67 bits per heavy atom. The summed E-state index contributed by atoms with van der Waals surface area (Å²) in [6.07, 6.45) is -0.752. The van der Waals surface area contributed by atoms with Crippen molar-refractivity contribution in [2.24, 2.45) is 0 Å². The third kappa shape index (κ3) is 3.25. The van der Waals surface area contributed by atoms with Crippen LogP contribution in [0, 0.1) is 10.1 Å². The Balaban J connectivity index is 1.81. The van der Waals surface area contributed by atoms with Crippen LogP contribution in [0.4, 0.5) is 18.9 Å². The van der Waals surface area contributed by atoms with Gasteiger partial charge in [-0.2, -0.15) is 13.2 Å². The minimum Gasteiger partial charge on any atom is -0.373 e. The molecular formula is C15H14F3N3O3. The van der Waals surface area contributed by atoms with Crippen LogP contribution in [-0.2, 0) is 10.9 Å². The minimum atomic E-state index is -4.62. The first-order chi connectivity index (χ1) is 11.4. The van der Waals surface area contributed by atoms with Gasteiger partial charge in [0.05, 0.1) is 28.8 Å². The number of aromatic amines is 1. The first-order valence-corrected chi connectivity index (χ1v) is 7.32. The van der Waals surface area contributed by atoms with E-state index in [4.69, 9.17) is 4.74 Å². The number of nitro groups is 1. The van der Waals surface area contributed by atoms with Gasteiger partial charge in [0.15, 0.2) is 0 Å². The normalized spacial score (nSPS) is 21.6. The van der Waals surface area contributed by atoms with Crippen molar-refractivity contribution in [2.45, 2.75) is 31.0 Å². The fraction of sp³-hybridized carbons (Fsp3) is 0.400. The molecule has 0 spiro atoms. The maximum atomic E-state index is 12.7. The number of hydrogen-bond acceptors (Lipinski definition) is 4. The van der Waals surface area contributed by atoms with Gasteiger partial charge in [0, 0.05) is 24.4 Å². The van der Waals surface area contributed by atoms with Gasteiger partial charge >= 0.3 is 6.18 Å². The van der Waals surface area contributed by atoms with Crippen molar-refractivity contribution < 1.29 is 22.8 Å². The molecule has 3 rings (SSSR count). The average Bonchev–Trinajstić information content (AvgIpc) is 3.08. The van der Waals surface area contributed by atoms with E-state index >= 15 is 0 Å². The molecule has 1 aliphatic rings. The van der Waals surface area contributed by atoms with Crippen LogP contribution in [0.5, 0.6) is 0 Å². The average molecular weight is 341 g/mol. The fourth-order valence-electron chi connectivity index (χ4n) is 2.86. The number of rotatable bonds is 3. The molecule has 6 nitrogen and oxygen atoms in total. The summed E-state index contributed by atoms with van der Waals surface area (Å²) in [5, 5.41) is 11.2. The number of aromatic nitrogens is 2. The Hall–Kier alpha value is -2.42. The third-order valence-corrected chi connectivity index (χ3v) is 4.08. The summed E-state index contributed by atoms with van der Waals surface area (Å²) in [5.74, 6) is 0.820. The van der Waals surface area contributed by atoms with Crippen molar-refractivity contribution in [3.05, 3.63) is 57.7 Å². The molecule has 1 N–H and O–H groups in total. The molecule has 1 aromatic carbocycles. The number of alkyl halides is 3. The second kappa shape index (κ2) is 6.23. The highest BCUT2D eigenvalue weighted by atomic mass is 19.4. The lowest BCUT2D eigenvalue weighted by atomic mass is 9.93. The molecule has 2 aromatic rings. The molecule has 0 radical (unpaired) electrons. The second-order valence-electron chi connectivity index (χ2n) is 5.60. The number of nitrogens with zero attached hydrogens (tertiary/aromatic N) is 2. The number of nitrogens with one attached hydrogen (secondary N) is 1. The zero-order valence-corrected chi connectivity index (χ0v) is 12.4. The standard InChI is InChI=1S/C15H14F3N3O3/c16-15(17,18)10-2-3-11(12(7-10)21(22)23)13-4-1-9(8-24-13)14-19-5-6-20-14/h2-3,5-7,9,13H,1,4,8H2,(H,19,20). The van der Waals surface area contributed by atoms with E-state index in [1.165, 1.54) is 0 Å². The molecule has 24 heavy (non-hydrogen) atoms. The van der Waals surface area contributed by atoms with Crippen molar-refractivity contribution >= 4 is 5.69 Å². The van der Waals surface area contributed by atoms with Crippen LogP contribution in [0.1, 0.15) is 41.8 Å². The monoisotopic (exact) mass is 341 g/mol. The third-order valence-electron chi connectivity index (χ3n) is 4.08. The molecule has 1 fully saturated rings. The molecule has 0 amide bonds.